The standard InChI is InChI=1S/C11H10N2O3/c1-15-13-10-4-8(6-14)2-3-9(10)11-5-12-7-16-11/h2-7,13H,1H3. The Hall–Kier alpha value is -2.14. The fourth-order valence-electron chi connectivity index (χ4n) is 1.39. The van der Waals surface area contributed by atoms with E-state index in [-0.39, 0.29) is 0 Å². The molecule has 1 N–H and O–H groups in total. The highest BCUT2D eigenvalue weighted by molar-refractivity contribution is 5.83. The Morgan fingerprint density at radius 1 is 1.50 bits per heavy atom. The number of anilines is 1. The van der Waals surface area contributed by atoms with Gasteiger partial charge in [0.05, 0.1) is 19.0 Å². The van der Waals surface area contributed by atoms with Crippen LogP contribution >= 0.6 is 0 Å². The van der Waals surface area contributed by atoms with Crippen LogP contribution in [0, 0.1) is 0 Å². The van der Waals surface area contributed by atoms with Crippen molar-refractivity contribution < 1.29 is 14.0 Å². The van der Waals surface area contributed by atoms with Crippen LogP contribution in [0.1, 0.15) is 10.4 Å². The van der Waals surface area contributed by atoms with Gasteiger partial charge in [0, 0.05) is 11.1 Å². The maximum Gasteiger partial charge on any atom is 0.181 e. The first-order valence-corrected chi connectivity index (χ1v) is 4.62. The number of hydrogen-bond donors (Lipinski definition) is 1. The number of nitrogens with zero attached hydrogens (tertiary/aromatic N) is 1. The molecule has 0 aliphatic heterocycles. The van der Waals surface area contributed by atoms with Crippen molar-refractivity contribution in [3.8, 4) is 11.3 Å². The smallest absolute Gasteiger partial charge is 0.181 e. The SMILES string of the molecule is CONc1cc(C=O)ccc1-c1cnco1. The van der Waals surface area contributed by atoms with Gasteiger partial charge in [-0.05, 0) is 12.1 Å². The zero-order valence-corrected chi connectivity index (χ0v) is 8.64. The number of aldehydes is 1. The predicted molar refractivity (Wildman–Crippen MR) is 58.0 cm³/mol. The Balaban J connectivity index is 2.47. The minimum absolute atomic E-state index is 0.558. The van der Waals surface area contributed by atoms with Crippen molar-refractivity contribution in [2.75, 3.05) is 12.6 Å². The largest absolute Gasteiger partial charge is 0.443 e. The van der Waals surface area contributed by atoms with Crippen LogP contribution in [0.2, 0.25) is 0 Å². The molecule has 0 saturated heterocycles. The van der Waals surface area contributed by atoms with E-state index in [0.29, 0.717) is 17.0 Å². The Bertz CT molecular complexity index is 480. The van der Waals surface area contributed by atoms with Crippen LogP contribution in [-0.4, -0.2) is 18.4 Å². The molecule has 5 heteroatoms. The second-order valence-corrected chi connectivity index (χ2v) is 3.09. The van der Waals surface area contributed by atoms with Gasteiger partial charge in [0.25, 0.3) is 0 Å². The summed E-state index contributed by atoms with van der Waals surface area (Å²) in [7, 11) is 1.50. The molecule has 0 aliphatic carbocycles. The number of benzene rings is 1. The minimum Gasteiger partial charge on any atom is -0.443 e. The van der Waals surface area contributed by atoms with Crippen LogP contribution in [0.15, 0.2) is 35.2 Å². The second kappa shape index (κ2) is 4.59. The summed E-state index contributed by atoms with van der Waals surface area (Å²) in [6, 6.07) is 5.14. The van der Waals surface area contributed by atoms with Gasteiger partial charge < -0.3 is 4.42 Å². The molecule has 0 fully saturated rings. The number of hydrogen-bond acceptors (Lipinski definition) is 5. The Morgan fingerprint density at radius 2 is 2.38 bits per heavy atom. The number of carbonyl (C=O) groups is 1. The maximum atomic E-state index is 10.7. The third-order valence-corrected chi connectivity index (χ3v) is 2.09. The lowest BCUT2D eigenvalue weighted by atomic mass is 10.1. The van der Waals surface area contributed by atoms with Crippen molar-refractivity contribution in [3.63, 3.8) is 0 Å². The van der Waals surface area contributed by atoms with Crippen molar-refractivity contribution in [3.05, 3.63) is 36.4 Å². The second-order valence-electron chi connectivity index (χ2n) is 3.09. The van der Waals surface area contributed by atoms with Gasteiger partial charge in [-0.1, -0.05) is 6.07 Å². The molecule has 0 spiro atoms. The van der Waals surface area contributed by atoms with Gasteiger partial charge in [-0.25, -0.2) is 4.98 Å². The first-order chi connectivity index (χ1) is 7.85. The van der Waals surface area contributed by atoms with Gasteiger partial charge in [-0.15, -0.1) is 0 Å². The van der Waals surface area contributed by atoms with Crippen molar-refractivity contribution in [2.24, 2.45) is 0 Å². The van der Waals surface area contributed by atoms with Crippen LogP contribution < -0.4 is 5.48 Å². The van der Waals surface area contributed by atoms with Crippen LogP contribution in [0.3, 0.4) is 0 Å². The Kier molecular flexibility index (Phi) is 2.98. The highest BCUT2D eigenvalue weighted by Crippen LogP contribution is 2.28. The molecule has 0 saturated carbocycles. The average molecular weight is 218 g/mol. The fourth-order valence-corrected chi connectivity index (χ4v) is 1.39. The van der Waals surface area contributed by atoms with Crippen molar-refractivity contribution in [2.45, 2.75) is 0 Å². The van der Waals surface area contributed by atoms with Crippen molar-refractivity contribution in [1.29, 1.82) is 0 Å². The molecule has 0 unspecified atom stereocenters. The summed E-state index contributed by atoms with van der Waals surface area (Å²) in [4.78, 5) is 19.3. The monoisotopic (exact) mass is 218 g/mol. The minimum atomic E-state index is 0.558. The summed E-state index contributed by atoms with van der Waals surface area (Å²) < 4.78 is 5.19. The molecule has 0 aliphatic rings. The first-order valence-electron chi connectivity index (χ1n) is 4.62. The zero-order valence-electron chi connectivity index (χ0n) is 8.64. The predicted octanol–water partition coefficient (Wildman–Crippen LogP) is 2.13. The molecular weight excluding hydrogens is 208 g/mol. The molecule has 2 aromatic rings. The van der Waals surface area contributed by atoms with Crippen LogP contribution in [0.5, 0.6) is 0 Å². The van der Waals surface area contributed by atoms with E-state index in [9.17, 15) is 4.79 Å². The molecule has 2 rings (SSSR count). The summed E-state index contributed by atoms with van der Waals surface area (Å²) in [6.07, 6.45) is 3.71. The fraction of sp³-hybridized carbons (Fsp3) is 0.0909. The highest BCUT2D eigenvalue weighted by atomic mass is 16.6. The number of aromatic nitrogens is 1. The van der Waals surface area contributed by atoms with Crippen LogP contribution in [-0.2, 0) is 4.84 Å². The van der Waals surface area contributed by atoms with Gasteiger partial charge in [-0.3, -0.25) is 15.1 Å². The zero-order chi connectivity index (χ0) is 11.4. The van der Waals surface area contributed by atoms with E-state index in [1.807, 2.05) is 0 Å². The molecule has 1 heterocycles. The number of rotatable bonds is 4. The molecular formula is C11H10N2O3. The van der Waals surface area contributed by atoms with Crippen molar-refractivity contribution >= 4 is 12.0 Å². The summed E-state index contributed by atoms with van der Waals surface area (Å²) in [6.45, 7) is 0. The van der Waals surface area contributed by atoms with E-state index >= 15 is 0 Å². The molecule has 0 amide bonds. The maximum absolute atomic E-state index is 10.7. The van der Waals surface area contributed by atoms with E-state index < -0.39 is 0 Å². The Morgan fingerprint density at radius 3 is 3.00 bits per heavy atom. The number of oxazole rings is 1. The summed E-state index contributed by atoms with van der Waals surface area (Å²) in [5.41, 5.74) is 4.69. The van der Waals surface area contributed by atoms with E-state index in [1.165, 1.54) is 13.5 Å². The van der Waals surface area contributed by atoms with E-state index in [2.05, 4.69) is 10.5 Å². The van der Waals surface area contributed by atoms with Gasteiger partial charge in [0.2, 0.25) is 0 Å². The molecule has 0 bridgehead atoms. The topological polar surface area (TPSA) is 64.4 Å². The lowest BCUT2D eigenvalue weighted by molar-refractivity contribution is 0.112. The van der Waals surface area contributed by atoms with Gasteiger partial charge >= 0.3 is 0 Å². The van der Waals surface area contributed by atoms with E-state index in [1.54, 1.807) is 24.4 Å². The first kappa shape index (κ1) is 10.4. The summed E-state index contributed by atoms with van der Waals surface area (Å²) >= 11 is 0. The third-order valence-electron chi connectivity index (χ3n) is 2.09. The number of carbonyl (C=O) groups excluding carboxylic acids is 1. The summed E-state index contributed by atoms with van der Waals surface area (Å²) in [5, 5.41) is 0. The Labute approximate surface area is 92.0 Å². The van der Waals surface area contributed by atoms with E-state index in [4.69, 9.17) is 9.25 Å². The van der Waals surface area contributed by atoms with Gasteiger partial charge in [-0.2, -0.15) is 0 Å². The normalized spacial score (nSPS) is 10.1. The number of nitrogens with one attached hydrogen (secondary N) is 1. The lowest BCUT2D eigenvalue weighted by Gasteiger charge is -2.08. The highest BCUT2D eigenvalue weighted by Gasteiger charge is 2.08. The molecule has 5 nitrogen and oxygen atoms in total. The molecule has 82 valence electrons. The third kappa shape index (κ3) is 1.94. The molecule has 16 heavy (non-hydrogen) atoms. The lowest BCUT2D eigenvalue weighted by Crippen LogP contribution is -1.98. The molecule has 1 aromatic carbocycles. The van der Waals surface area contributed by atoms with Crippen LogP contribution in [0.4, 0.5) is 5.69 Å². The molecule has 0 atom stereocenters. The average Bonchev–Trinajstić information content (AvgIpc) is 2.83. The summed E-state index contributed by atoms with van der Waals surface area (Å²) in [5.74, 6) is 0.608. The van der Waals surface area contributed by atoms with E-state index in [0.717, 1.165) is 11.8 Å². The van der Waals surface area contributed by atoms with Crippen LogP contribution in [0.25, 0.3) is 11.3 Å². The quantitative estimate of drug-likeness (QED) is 0.629. The molecule has 0 radical (unpaired) electrons. The van der Waals surface area contributed by atoms with Crippen molar-refractivity contribution in [1.82, 2.24) is 4.98 Å². The van der Waals surface area contributed by atoms with Gasteiger partial charge in [0.15, 0.2) is 12.2 Å². The molecule has 1 aromatic heterocycles. The van der Waals surface area contributed by atoms with Gasteiger partial charge in [0.1, 0.15) is 6.29 Å².